The van der Waals surface area contributed by atoms with Crippen LogP contribution in [-0.4, -0.2) is 19.6 Å². The molecule has 1 heterocycles. The smallest absolute Gasteiger partial charge is 0.221 e. The van der Waals surface area contributed by atoms with E-state index in [1.165, 1.54) is 0 Å². The summed E-state index contributed by atoms with van der Waals surface area (Å²) < 4.78 is 10.8. The molecule has 4 heteroatoms. The van der Waals surface area contributed by atoms with Crippen molar-refractivity contribution < 1.29 is 13.9 Å². The van der Waals surface area contributed by atoms with Gasteiger partial charge >= 0.3 is 0 Å². The zero-order valence-corrected chi connectivity index (χ0v) is 14.8. The maximum absolute atomic E-state index is 12.6. The van der Waals surface area contributed by atoms with Crippen molar-refractivity contribution in [3.63, 3.8) is 0 Å². The maximum Gasteiger partial charge on any atom is 0.221 e. The van der Waals surface area contributed by atoms with Gasteiger partial charge in [-0.15, -0.1) is 0 Å². The highest BCUT2D eigenvalue weighted by molar-refractivity contribution is 5.77. The molecule has 1 aromatic heterocycles. The van der Waals surface area contributed by atoms with Gasteiger partial charge in [0, 0.05) is 19.4 Å². The largest absolute Gasteiger partial charge is 0.467 e. The monoisotopic (exact) mass is 349 g/mol. The summed E-state index contributed by atoms with van der Waals surface area (Å²) >= 11 is 0. The lowest BCUT2D eigenvalue weighted by atomic mass is 9.88. The number of amides is 1. The Morgan fingerprint density at radius 2 is 1.58 bits per heavy atom. The van der Waals surface area contributed by atoms with Crippen LogP contribution in [0.15, 0.2) is 83.5 Å². The summed E-state index contributed by atoms with van der Waals surface area (Å²) in [6.45, 7) is 0.374. The van der Waals surface area contributed by atoms with Crippen molar-refractivity contribution in [1.82, 2.24) is 5.32 Å². The molecule has 0 fully saturated rings. The van der Waals surface area contributed by atoms with Crippen molar-refractivity contribution in [3.05, 3.63) is 95.9 Å². The highest BCUT2D eigenvalue weighted by Crippen LogP contribution is 2.27. The molecule has 0 radical (unpaired) electrons. The first kappa shape index (κ1) is 18.0. The highest BCUT2D eigenvalue weighted by Gasteiger charge is 2.20. The van der Waals surface area contributed by atoms with Crippen molar-refractivity contribution in [3.8, 4) is 0 Å². The molecule has 0 saturated heterocycles. The van der Waals surface area contributed by atoms with E-state index in [1.807, 2.05) is 48.5 Å². The van der Waals surface area contributed by atoms with E-state index in [2.05, 4.69) is 29.6 Å². The molecule has 26 heavy (non-hydrogen) atoms. The molecule has 3 aromatic rings. The Hall–Kier alpha value is -2.85. The van der Waals surface area contributed by atoms with Gasteiger partial charge in [0.2, 0.25) is 5.91 Å². The molecule has 1 amide bonds. The summed E-state index contributed by atoms with van der Waals surface area (Å²) in [6.07, 6.45) is 1.69. The normalized spacial score (nSPS) is 12.1. The van der Waals surface area contributed by atoms with E-state index in [4.69, 9.17) is 9.15 Å². The molecule has 0 saturated carbocycles. The molecule has 3 rings (SSSR count). The molecular formula is C22H23NO3. The Morgan fingerprint density at radius 3 is 2.08 bits per heavy atom. The standard InChI is InChI=1S/C22H23NO3/c1-25-21(20-13-8-14-26-20)16-23-22(24)15-19(17-9-4-2-5-10-17)18-11-6-3-7-12-18/h2-14,19,21H,15-16H2,1H3,(H,23,24). The number of furan rings is 1. The van der Waals surface area contributed by atoms with Crippen LogP contribution in [0.5, 0.6) is 0 Å². The molecule has 4 nitrogen and oxygen atoms in total. The van der Waals surface area contributed by atoms with Crippen LogP contribution in [0, 0.1) is 0 Å². The number of carbonyl (C=O) groups is 1. The minimum absolute atomic E-state index is 0.0157. The Bertz CT molecular complexity index is 745. The lowest BCUT2D eigenvalue weighted by Gasteiger charge is -2.19. The second-order valence-electron chi connectivity index (χ2n) is 6.12. The quantitative estimate of drug-likeness (QED) is 0.659. The van der Waals surface area contributed by atoms with Crippen LogP contribution >= 0.6 is 0 Å². The van der Waals surface area contributed by atoms with Crippen molar-refractivity contribution >= 4 is 5.91 Å². The number of nitrogens with one attached hydrogen (secondary N) is 1. The van der Waals surface area contributed by atoms with Gasteiger partial charge in [-0.25, -0.2) is 0 Å². The zero-order chi connectivity index (χ0) is 18.2. The van der Waals surface area contributed by atoms with Gasteiger partial charge in [-0.05, 0) is 23.3 Å². The van der Waals surface area contributed by atoms with Gasteiger partial charge in [0.1, 0.15) is 11.9 Å². The number of benzene rings is 2. The maximum atomic E-state index is 12.6. The number of rotatable bonds is 8. The Kier molecular flexibility index (Phi) is 6.23. The van der Waals surface area contributed by atoms with Gasteiger partial charge in [0.15, 0.2) is 0 Å². The number of hydrogen-bond donors (Lipinski definition) is 1. The topological polar surface area (TPSA) is 51.5 Å². The lowest BCUT2D eigenvalue weighted by Crippen LogP contribution is -2.30. The van der Waals surface area contributed by atoms with Crippen LogP contribution in [0.4, 0.5) is 0 Å². The van der Waals surface area contributed by atoms with Crippen LogP contribution in [0.3, 0.4) is 0 Å². The van der Waals surface area contributed by atoms with Crippen LogP contribution < -0.4 is 5.32 Å². The van der Waals surface area contributed by atoms with Crippen molar-refractivity contribution in [1.29, 1.82) is 0 Å². The van der Waals surface area contributed by atoms with E-state index in [1.54, 1.807) is 13.4 Å². The molecule has 0 spiro atoms. The van der Waals surface area contributed by atoms with E-state index >= 15 is 0 Å². The first-order valence-corrected chi connectivity index (χ1v) is 8.70. The molecule has 134 valence electrons. The fourth-order valence-corrected chi connectivity index (χ4v) is 3.04. The third-order valence-corrected chi connectivity index (χ3v) is 4.42. The van der Waals surface area contributed by atoms with Gasteiger partial charge in [-0.3, -0.25) is 4.79 Å². The summed E-state index contributed by atoms with van der Waals surface area (Å²) in [6, 6.07) is 23.9. The highest BCUT2D eigenvalue weighted by atomic mass is 16.5. The van der Waals surface area contributed by atoms with Gasteiger partial charge in [-0.1, -0.05) is 60.7 Å². The predicted octanol–water partition coefficient (Wildman–Crippen LogP) is 4.31. The second kappa shape index (κ2) is 9.02. The summed E-state index contributed by atoms with van der Waals surface area (Å²) in [5.41, 5.74) is 2.26. The average molecular weight is 349 g/mol. The van der Waals surface area contributed by atoms with Crippen LogP contribution in [0.25, 0.3) is 0 Å². The average Bonchev–Trinajstić information content (AvgIpc) is 3.22. The minimum Gasteiger partial charge on any atom is -0.467 e. The number of ether oxygens (including phenoxy) is 1. The third kappa shape index (κ3) is 4.61. The predicted molar refractivity (Wildman–Crippen MR) is 101 cm³/mol. The Balaban J connectivity index is 1.68. The van der Waals surface area contributed by atoms with Crippen molar-refractivity contribution in [2.45, 2.75) is 18.4 Å². The first-order chi connectivity index (χ1) is 12.8. The molecular weight excluding hydrogens is 326 g/mol. The fraction of sp³-hybridized carbons (Fsp3) is 0.227. The fourth-order valence-electron chi connectivity index (χ4n) is 3.04. The number of carbonyl (C=O) groups excluding carboxylic acids is 1. The molecule has 1 atom stereocenters. The van der Waals surface area contributed by atoms with Crippen LogP contribution in [0.1, 0.15) is 35.3 Å². The summed E-state index contributed by atoms with van der Waals surface area (Å²) in [4.78, 5) is 12.6. The van der Waals surface area contributed by atoms with Gasteiger partial charge in [0.25, 0.3) is 0 Å². The molecule has 0 bridgehead atoms. The first-order valence-electron chi connectivity index (χ1n) is 8.70. The van der Waals surface area contributed by atoms with Crippen LogP contribution in [0.2, 0.25) is 0 Å². The molecule has 1 unspecified atom stereocenters. The molecule has 0 aliphatic heterocycles. The van der Waals surface area contributed by atoms with Crippen molar-refractivity contribution in [2.24, 2.45) is 0 Å². The van der Waals surface area contributed by atoms with E-state index in [0.717, 1.165) is 11.1 Å². The molecule has 0 aliphatic carbocycles. The van der Waals surface area contributed by atoms with E-state index in [9.17, 15) is 4.79 Å². The minimum atomic E-state index is -0.291. The molecule has 1 N–H and O–H groups in total. The van der Waals surface area contributed by atoms with Gasteiger partial charge < -0.3 is 14.5 Å². The zero-order valence-electron chi connectivity index (χ0n) is 14.8. The Morgan fingerprint density at radius 1 is 0.962 bits per heavy atom. The molecule has 2 aromatic carbocycles. The second-order valence-corrected chi connectivity index (χ2v) is 6.12. The van der Waals surface area contributed by atoms with Gasteiger partial charge in [-0.2, -0.15) is 0 Å². The third-order valence-electron chi connectivity index (χ3n) is 4.42. The number of methoxy groups -OCH3 is 1. The summed E-state index contributed by atoms with van der Waals surface area (Å²) in [5, 5.41) is 2.97. The molecule has 0 aliphatic rings. The van der Waals surface area contributed by atoms with E-state index in [0.29, 0.717) is 18.7 Å². The SMILES string of the molecule is COC(CNC(=O)CC(c1ccccc1)c1ccccc1)c1ccco1. The summed E-state index contributed by atoms with van der Waals surface area (Å²) in [7, 11) is 1.61. The van der Waals surface area contributed by atoms with Gasteiger partial charge in [0.05, 0.1) is 12.8 Å². The van der Waals surface area contributed by atoms with Crippen LogP contribution in [-0.2, 0) is 9.53 Å². The lowest BCUT2D eigenvalue weighted by molar-refractivity contribution is -0.121. The van der Waals surface area contributed by atoms with Crippen molar-refractivity contribution in [2.75, 3.05) is 13.7 Å². The van der Waals surface area contributed by atoms with E-state index < -0.39 is 0 Å². The van der Waals surface area contributed by atoms with E-state index in [-0.39, 0.29) is 17.9 Å². The Labute approximate surface area is 153 Å². The summed E-state index contributed by atoms with van der Waals surface area (Å²) in [5.74, 6) is 0.703. The number of hydrogen-bond acceptors (Lipinski definition) is 3.